The van der Waals surface area contributed by atoms with Crippen molar-refractivity contribution in [3.8, 4) is 5.75 Å². The molecular formula is C19H17FN2O4. The Kier molecular flexibility index (Phi) is 4.97. The van der Waals surface area contributed by atoms with Gasteiger partial charge in [-0.1, -0.05) is 30.3 Å². The molecule has 0 bridgehead atoms. The summed E-state index contributed by atoms with van der Waals surface area (Å²) in [5.41, 5.74) is 1.76. The highest BCUT2D eigenvalue weighted by atomic mass is 19.1. The lowest BCUT2D eigenvalue weighted by Crippen LogP contribution is -2.27. The van der Waals surface area contributed by atoms with Crippen molar-refractivity contribution < 1.29 is 24.2 Å². The van der Waals surface area contributed by atoms with E-state index in [2.05, 4.69) is 5.10 Å². The van der Waals surface area contributed by atoms with Crippen LogP contribution in [0.5, 0.6) is 5.75 Å². The molecule has 1 heterocycles. The van der Waals surface area contributed by atoms with E-state index in [1.54, 1.807) is 30.3 Å². The summed E-state index contributed by atoms with van der Waals surface area (Å²) >= 11 is 0. The molecule has 2 N–H and O–H groups in total. The number of carbonyl (C=O) groups is 2. The number of aliphatic carboxylic acids is 1. The highest BCUT2D eigenvalue weighted by molar-refractivity contribution is 6.03. The first-order valence-electron chi connectivity index (χ1n) is 8.11. The molecule has 1 aliphatic rings. The number of halogens is 1. The minimum atomic E-state index is -1.07. The number of hydrogen-bond acceptors (Lipinski definition) is 4. The van der Waals surface area contributed by atoms with Crippen LogP contribution in [0.25, 0.3) is 0 Å². The van der Waals surface area contributed by atoms with Gasteiger partial charge in [0.05, 0.1) is 18.2 Å². The number of carboxylic acid groups (broad SMARTS) is 1. The van der Waals surface area contributed by atoms with E-state index in [0.29, 0.717) is 23.3 Å². The zero-order chi connectivity index (χ0) is 18.7. The molecule has 2 aromatic rings. The molecule has 2 aromatic carbocycles. The molecule has 7 heteroatoms. The van der Waals surface area contributed by atoms with Crippen LogP contribution >= 0.6 is 0 Å². The summed E-state index contributed by atoms with van der Waals surface area (Å²) in [6.07, 6.45) is -0.161. The first-order valence-corrected chi connectivity index (χ1v) is 8.11. The predicted octanol–water partition coefficient (Wildman–Crippen LogP) is 3.07. The third-order valence-corrected chi connectivity index (χ3v) is 4.19. The first-order chi connectivity index (χ1) is 12.5. The Labute approximate surface area is 149 Å². The normalized spacial score (nSPS) is 16.4. The first kappa shape index (κ1) is 17.6. The van der Waals surface area contributed by atoms with Crippen molar-refractivity contribution in [2.75, 3.05) is 0 Å². The Morgan fingerprint density at radius 3 is 2.46 bits per heavy atom. The van der Waals surface area contributed by atoms with Gasteiger partial charge in [0, 0.05) is 18.4 Å². The van der Waals surface area contributed by atoms with Gasteiger partial charge in [0.15, 0.2) is 0 Å². The van der Waals surface area contributed by atoms with Gasteiger partial charge in [-0.05, 0) is 23.8 Å². The zero-order valence-corrected chi connectivity index (χ0v) is 13.8. The Hall–Kier alpha value is -3.22. The van der Waals surface area contributed by atoms with E-state index in [1.165, 1.54) is 23.2 Å². The SMILES string of the molecule is O=C(O)CCC(=O)N1N=C(c2ccc(F)cc2)C[C@@H]1c1ccccc1O. The summed E-state index contributed by atoms with van der Waals surface area (Å²) in [6, 6.07) is 11.8. The maximum atomic E-state index is 13.2. The van der Waals surface area contributed by atoms with Crippen molar-refractivity contribution in [3.63, 3.8) is 0 Å². The van der Waals surface area contributed by atoms with Gasteiger partial charge < -0.3 is 10.2 Å². The number of phenols is 1. The number of hydrazone groups is 1. The van der Waals surface area contributed by atoms with Crippen molar-refractivity contribution in [1.29, 1.82) is 0 Å². The Balaban J connectivity index is 1.93. The molecule has 1 atom stereocenters. The van der Waals surface area contributed by atoms with Gasteiger partial charge >= 0.3 is 5.97 Å². The molecule has 0 aromatic heterocycles. The summed E-state index contributed by atoms with van der Waals surface area (Å²) < 4.78 is 13.2. The second-order valence-electron chi connectivity index (χ2n) is 5.96. The smallest absolute Gasteiger partial charge is 0.303 e. The minimum absolute atomic E-state index is 0.0316. The molecule has 0 aliphatic carbocycles. The van der Waals surface area contributed by atoms with Gasteiger partial charge in [0.1, 0.15) is 11.6 Å². The number of rotatable bonds is 5. The van der Waals surface area contributed by atoms with Gasteiger partial charge in [-0.3, -0.25) is 9.59 Å². The summed E-state index contributed by atoms with van der Waals surface area (Å²) in [5, 5.41) is 24.5. The molecule has 0 saturated carbocycles. The highest BCUT2D eigenvalue weighted by Crippen LogP contribution is 2.37. The third-order valence-electron chi connectivity index (χ3n) is 4.19. The molecular weight excluding hydrogens is 339 g/mol. The number of aromatic hydroxyl groups is 1. The summed E-state index contributed by atoms with van der Waals surface area (Å²) in [6.45, 7) is 0. The molecule has 1 aliphatic heterocycles. The van der Waals surface area contributed by atoms with Crippen LogP contribution in [0.2, 0.25) is 0 Å². The molecule has 26 heavy (non-hydrogen) atoms. The Morgan fingerprint density at radius 2 is 1.81 bits per heavy atom. The molecule has 0 unspecified atom stereocenters. The minimum Gasteiger partial charge on any atom is -0.508 e. The van der Waals surface area contributed by atoms with Crippen molar-refractivity contribution in [1.82, 2.24) is 5.01 Å². The molecule has 0 spiro atoms. The number of phenolic OH excluding ortho intramolecular Hbond substituents is 1. The average Bonchev–Trinajstić information content (AvgIpc) is 3.06. The van der Waals surface area contributed by atoms with Crippen LogP contribution in [0, 0.1) is 5.82 Å². The molecule has 0 fully saturated rings. The van der Waals surface area contributed by atoms with Gasteiger partial charge in [-0.15, -0.1) is 0 Å². The second kappa shape index (κ2) is 7.35. The lowest BCUT2D eigenvalue weighted by Gasteiger charge is -2.22. The van der Waals surface area contributed by atoms with Gasteiger partial charge in [0.2, 0.25) is 5.91 Å². The number of benzene rings is 2. The number of amides is 1. The maximum Gasteiger partial charge on any atom is 0.303 e. The second-order valence-corrected chi connectivity index (χ2v) is 5.96. The zero-order valence-electron chi connectivity index (χ0n) is 13.8. The van der Waals surface area contributed by atoms with Crippen molar-refractivity contribution >= 4 is 17.6 Å². The standard InChI is InChI=1S/C19H17FN2O4/c20-13-7-5-12(6-8-13)15-11-16(14-3-1-2-4-17(14)23)22(21-15)18(24)9-10-19(25)26/h1-8,16,23H,9-11H2,(H,25,26)/t16-/m1/s1. The van der Waals surface area contributed by atoms with E-state index < -0.39 is 17.9 Å². The number of hydrogen-bond donors (Lipinski definition) is 2. The molecule has 0 saturated heterocycles. The molecule has 134 valence electrons. The number of carboxylic acids is 1. The largest absolute Gasteiger partial charge is 0.508 e. The number of carbonyl (C=O) groups excluding carboxylic acids is 1. The van der Waals surface area contributed by atoms with Crippen LogP contribution in [0.4, 0.5) is 4.39 Å². The topological polar surface area (TPSA) is 90.2 Å². The van der Waals surface area contributed by atoms with E-state index >= 15 is 0 Å². The number of para-hydroxylation sites is 1. The van der Waals surface area contributed by atoms with Crippen LogP contribution in [-0.4, -0.2) is 32.8 Å². The maximum absolute atomic E-state index is 13.2. The van der Waals surface area contributed by atoms with Crippen molar-refractivity contribution in [3.05, 3.63) is 65.5 Å². The van der Waals surface area contributed by atoms with Crippen LogP contribution in [0.3, 0.4) is 0 Å². The van der Waals surface area contributed by atoms with E-state index in [9.17, 15) is 19.1 Å². The summed E-state index contributed by atoms with van der Waals surface area (Å²) in [5.74, 6) is -1.86. The van der Waals surface area contributed by atoms with E-state index in [4.69, 9.17) is 5.11 Å². The third kappa shape index (κ3) is 3.72. The van der Waals surface area contributed by atoms with Gasteiger partial charge in [-0.2, -0.15) is 5.10 Å². The molecule has 1 amide bonds. The average molecular weight is 356 g/mol. The fourth-order valence-electron chi connectivity index (χ4n) is 2.90. The van der Waals surface area contributed by atoms with Gasteiger partial charge in [-0.25, -0.2) is 9.40 Å². The predicted molar refractivity (Wildman–Crippen MR) is 92.1 cm³/mol. The van der Waals surface area contributed by atoms with Crippen LogP contribution in [0.1, 0.15) is 36.4 Å². The van der Waals surface area contributed by atoms with Crippen LogP contribution < -0.4 is 0 Å². The van der Waals surface area contributed by atoms with E-state index in [1.807, 2.05) is 0 Å². The van der Waals surface area contributed by atoms with E-state index in [0.717, 1.165) is 0 Å². The highest BCUT2D eigenvalue weighted by Gasteiger charge is 2.34. The lowest BCUT2D eigenvalue weighted by atomic mass is 9.97. The fourth-order valence-corrected chi connectivity index (χ4v) is 2.90. The monoisotopic (exact) mass is 356 g/mol. The lowest BCUT2D eigenvalue weighted by molar-refractivity contribution is -0.141. The molecule has 0 radical (unpaired) electrons. The quantitative estimate of drug-likeness (QED) is 0.861. The van der Waals surface area contributed by atoms with Crippen molar-refractivity contribution in [2.24, 2.45) is 5.10 Å². The number of nitrogens with zero attached hydrogens (tertiary/aromatic N) is 2. The van der Waals surface area contributed by atoms with Crippen molar-refractivity contribution in [2.45, 2.75) is 25.3 Å². The molecule has 6 nitrogen and oxygen atoms in total. The molecule has 3 rings (SSSR count). The Morgan fingerprint density at radius 1 is 1.12 bits per heavy atom. The summed E-state index contributed by atoms with van der Waals surface area (Å²) in [4.78, 5) is 23.2. The fraction of sp³-hybridized carbons (Fsp3) is 0.211. The van der Waals surface area contributed by atoms with Gasteiger partial charge in [0.25, 0.3) is 0 Å². The van der Waals surface area contributed by atoms with E-state index in [-0.39, 0.29) is 24.4 Å². The Bertz CT molecular complexity index is 864. The van der Waals surface area contributed by atoms with Crippen LogP contribution in [0.15, 0.2) is 53.6 Å². The van der Waals surface area contributed by atoms with Crippen LogP contribution in [-0.2, 0) is 9.59 Å². The summed E-state index contributed by atoms with van der Waals surface area (Å²) in [7, 11) is 0.